The largest absolute Gasteiger partial charge is 0.399 e. The van der Waals surface area contributed by atoms with Crippen LogP contribution in [0.2, 0.25) is 0 Å². The first-order valence-corrected chi connectivity index (χ1v) is 5.74. The number of benzene rings is 1. The predicted molar refractivity (Wildman–Crippen MR) is 74.2 cm³/mol. The molecular formula is C14H14N4. The van der Waals surface area contributed by atoms with Crippen LogP contribution in [0.15, 0.2) is 42.9 Å². The molecule has 0 amide bonds. The van der Waals surface area contributed by atoms with E-state index in [2.05, 4.69) is 11.9 Å². The maximum Gasteiger partial charge on any atom is 0.136 e. The molecule has 90 valence electrons. The van der Waals surface area contributed by atoms with Crippen molar-refractivity contribution < 1.29 is 0 Å². The maximum atomic E-state index is 6.04. The SMILES string of the molecule is Cc1cc2nccn2cc1-c1ccc(N)cc1N. The lowest BCUT2D eigenvalue weighted by molar-refractivity contribution is 1.17. The quantitative estimate of drug-likeness (QED) is 0.640. The number of nitrogen functional groups attached to an aromatic ring is 2. The number of nitrogens with two attached hydrogens (primary N) is 2. The molecule has 0 unspecified atom stereocenters. The van der Waals surface area contributed by atoms with Crippen LogP contribution >= 0.6 is 0 Å². The van der Waals surface area contributed by atoms with E-state index in [-0.39, 0.29) is 0 Å². The van der Waals surface area contributed by atoms with Gasteiger partial charge in [-0.2, -0.15) is 0 Å². The number of hydrogen-bond donors (Lipinski definition) is 2. The summed E-state index contributed by atoms with van der Waals surface area (Å²) in [5.41, 5.74) is 17.3. The lowest BCUT2D eigenvalue weighted by Crippen LogP contribution is -1.96. The lowest BCUT2D eigenvalue weighted by atomic mass is 10.0. The van der Waals surface area contributed by atoms with Crippen LogP contribution in [0.5, 0.6) is 0 Å². The molecule has 0 aliphatic rings. The molecule has 3 rings (SSSR count). The fourth-order valence-corrected chi connectivity index (χ4v) is 2.17. The van der Waals surface area contributed by atoms with Gasteiger partial charge in [-0.3, -0.25) is 0 Å². The molecule has 1 aromatic carbocycles. The topological polar surface area (TPSA) is 69.3 Å². The molecule has 0 aliphatic carbocycles. The third-order valence-electron chi connectivity index (χ3n) is 3.10. The summed E-state index contributed by atoms with van der Waals surface area (Å²) < 4.78 is 1.98. The second-order valence-electron chi connectivity index (χ2n) is 4.41. The van der Waals surface area contributed by atoms with Gasteiger partial charge in [0.2, 0.25) is 0 Å². The molecule has 0 aliphatic heterocycles. The van der Waals surface area contributed by atoms with Gasteiger partial charge in [-0.25, -0.2) is 4.98 Å². The van der Waals surface area contributed by atoms with E-state index < -0.39 is 0 Å². The fourth-order valence-electron chi connectivity index (χ4n) is 2.17. The average Bonchev–Trinajstić information content (AvgIpc) is 2.75. The summed E-state index contributed by atoms with van der Waals surface area (Å²) in [6, 6.07) is 7.65. The Morgan fingerprint density at radius 2 is 1.94 bits per heavy atom. The van der Waals surface area contributed by atoms with E-state index >= 15 is 0 Å². The number of aryl methyl sites for hydroxylation is 1. The highest BCUT2D eigenvalue weighted by molar-refractivity contribution is 5.81. The zero-order valence-electron chi connectivity index (χ0n) is 10.1. The summed E-state index contributed by atoms with van der Waals surface area (Å²) in [6.45, 7) is 2.06. The molecular weight excluding hydrogens is 224 g/mol. The van der Waals surface area contributed by atoms with Gasteiger partial charge in [-0.15, -0.1) is 0 Å². The highest BCUT2D eigenvalue weighted by atomic mass is 15.0. The van der Waals surface area contributed by atoms with Gasteiger partial charge >= 0.3 is 0 Å². The molecule has 3 aromatic rings. The molecule has 4 heteroatoms. The number of hydrogen-bond acceptors (Lipinski definition) is 3. The predicted octanol–water partition coefficient (Wildman–Crippen LogP) is 2.47. The number of fused-ring (bicyclic) bond motifs is 1. The van der Waals surface area contributed by atoms with Crippen molar-refractivity contribution in [1.29, 1.82) is 0 Å². The molecule has 18 heavy (non-hydrogen) atoms. The van der Waals surface area contributed by atoms with E-state index in [1.807, 2.05) is 35.0 Å². The van der Waals surface area contributed by atoms with Crippen LogP contribution in [0.25, 0.3) is 16.8 Å². The van der Waals surface area contributed by atoms with Crippen molar-refractivity contribution in [3.63, 3.8) is 0 Å². The van der Waals surface area contributed by atoms with Crippen LogP contribution in [-0.2, 0) is 0 Å². The highest BCUT2D eigenvalue weighted by Gasteiger charge is 2.08. The van der Waals surface area contributed by atoms with E-state index in [1.165, 1.54) is 0 Å². The molecule has 0 bridgehead atoms. The second-order valence-corrected chi connectivity index (χ2v) is 4.41. The Morgan fingerprint density at radius 1 is 1.11 bits per heavy atom. The summed E-state index contributed by atoms with van der Waals surface area (Å²) in [6.07, 6.45) is 5.75. The van der Waals surface area contributed by atoms with Crippen LogP contribution in [0, 0.1) is 6.92 Å². The Kier molecular flexibility index (Phi) is 2.23. The molecule has 0 saturated carbocycles. The van der Waals surface area contributed by atoms with Gasteiger partial charge in [-0.1, -0.05) is 6.07 Å². The summed E-state index contributed by atoms with van der Waals surface area (Å²) in [4.78, 5) is 4.26. The van der Waals surface area contributed by atoms with Crippen molar-refractivity contribution in [2.24, 2.45) is 0 Å². The number of imidazole rings is 1. The molecule has 0 fully saturated rings. The average molecular weight is 238 g/mol. The minimum absolute atomic E-state index is 0.678. The van der Waals surface area contributed by atoms with Crippen LogP contribution in [0.3, 0.4) is 0 Å². The van der Waals surface area contributed by atoms with Crippen LogP contribution in [0.1, 0.15) is 5.56 Å². The van der Waals surface area contributed by atoms with Gasteiger partial charge in [0.05, 0.1) is 0 Å². The lowest BCUT2D eigenvalue weighted by Gasteiger charge is -2.10. The summed E-state index contributed by atoms with van der Waals surface area (Å²) in [7, 11) is 0. The Morgan fingerprint density at radius 3 is 2.72 bits per heavy atom. The fraction of sp³-hybridized carbons (Fsp3) is 0.0714. The van der Waals surface area contributed by atoms with Crippen LogP contribution < -0.4 is 11.5 Å². The van der Waals surface area contributed by atoms with Crippen molar-refractivity contribution in [2.75, 3.05) is 11.5 Å². The zero-order valence-corrected chi connectivity index (χ0v) is 10.1. The smallest absolute Gasteiger partial charge is 0.136 e. The molecule has 4 N–H and O–H groups in total. The van der Waals surface area contributed by atoms with Gasteiger partial charge in [0.1, 0.15) is 5.65 Å². The first-order chi connectivity index (χ1) is 8.65. The summed E-state index contributed by atoms with van der Waals surface area (Å²) in [5.74, 6) is 0. The monoisotopic (exact) mass is 238 g/mol. The molecule has 4 nitrogen and oxygen atoms in total. The zero-order chi connectivity index (χ0) is 12.7. The molecule has 2 aromatic heterocycles. The molecule has 0 atom stereocenters. The standard InChI is InChI=1S/C14H14N4/c1-9-6-14-17-4-5-18(14)8-12(9)11-3-2-10(15)7-13(11)16/h2-8H,15-16H2,1H3. The van der Waals surface area contributed by atoms with E-state index in [0.29, 0.717) is 11.4 Å². The van der Waals surface area contributed by atoms with E-state index in [1.54, 1.807) is 12.3 Å². The number of aromatic nitrogens is 2. The van der Waals surface area contributed by atoms with Crippen LogP contribution in [-0.4, -0.2) is 9.38 Å². The van der Waals surface area contributed by atoms with Crippen molar-refractivity contribution >= 4 is 17.0 Å². The van der Waals surface area contributed by atoms with E-state index in [0.717, 1.165) is 22.3 Å². The van der Waals surface area contributed by atoms with Gasteiger partial charge in [0.15, 0.2) is 0 Å². The molecule has 0 spiro atoms. The van der Waals surface area contributed by atoms with Crippen molar-refractivity contribution in [2.45, 2.75) is 6.92 Å². The van der Waals surface area contributed by atoms with Gasteiger partial charge < -0.3 is 15.9 Å². The number of nitrogens with zero attached hydrogens (tertiary/aromatic N) is 2. The number of pyridine rings is 1. The molecule has 0 radical (unpaired) electrons. The second kappa shape index (κ2) is 3.77. The first-order valence-electron chi connectivity index (χ1n) is 5.74. The van der Waals surface area contributed by atoms with Gasteiger partial charge in [0, 0.05) is 41.1 Å². The Hall–Kier alpha value is -2.49. The molecule has 0 saturated heterocycles. The van der Waals surface area contributed by atoms with Crippen molar-refractivity contribution in [1.82, 2.24) is 9.38 Å². The highest BCUT2D eigenvalue weighted by Crippen LogP contribution is 2.30. The third-order valence-corrected chi connectivity index (χ3v) is 3.10. The van der Waals surface area contributed by atoms with E-state index in [9.17, 15) is 0 Å². The Balaban J connectivity index is 2.26. The number of anilines is 2. The van der Waals surface area contributed by atoms with Crippen molar-refractivity contribution in [3.8, 4) is 11.1 Å². The van der Waals surface area contributed by atoms with Crippen LogP contribution in [0.4, 0.5) is 11.4 Å². The van der Waals surface area contributed by atoms with E-state index in [4.69, 9.17) is 11.5 Å². The van der Waals surface area contributed by atoms with Crippen molar-refractivity contribution in [3.05, 3.63) is 48.4 Å². The molecule has 2 heterocycles. The normalized spacial score (nSPS) is 10.9. The minimum Gasteiger partial charge on any atom is -0.399 e. The minimum atomic E-state index is 0.678. The summed E-state index contributed by atoms with van der Waals surface area (Å²) in [5, 5.41) is 0. The maximum absolute atomic E-state index is 6.04. The summed E-state index contributed by atoms with van der Waals surface area (Å²) >= 11 is 0. The van der Waals surface area contributed by atoms with Gasteiger partial charge in [-0.05, 0) is 30.7 Å². The Labute approximate surface area is 105 Å². The first kappa shape index (κ1) is 10.7. The third kappa shape index (κ3) is 1.59. The number of rotatable bonds is 1. The van der Waals surface area contributed by atoms with Gasteiger partial charge in [0.25, 0.3) is 0 Å². The Bertz CT molecular complexity index is 728.